The Balaban J connectivity index is 2.29. The van der Waals surface area contributed by atoms with Crippen molar-refractivity contribution in [3.8, 4) is 5.75 Å². The SMILES string of the molecule is C/C=C(/CCCCCCCCC)c1ccccc1O. The molecule has 0 saturated heterocycles. The molecular weight excluding hydrogens is 232 g/mol. The molecule has 1 aromatic rings. The van der Waals surface area contributed by atoms with Gasteiger partial charge in [-0.15, -0.1) is 0 Å². The summed E-state index contributed by atoms with van der Waals surface area (Å²) >= 11 is 0. The second-order valence-corrected chi connectivity index (χ2v) is 5.20. The molecule has 0 saturated carbocycles. The van der Waals surface area contributed by atoms with Crippen LogP contribution in [-0.4, -0.2) is 5.11 Å². The number of allylic oxidation sites excluding steroid dienone is 2. The van der Waals surface area contributed by atoms with Crippen LogP contribution >= 0.6 is 0 Å². The number of hydrogen-bond acceptors (Lipinski definition) is 1. The molecular formula is C18H28O. The minimum Gasteiger partial charge on any atom is -0.507 e. The number of phenolic OH excluding ortho intramolecular Hbond substituents is 1. The molecule has 0 atom stereocenters. The van der Waals surface area contributed by atoms with Crippen LogP contribution < -0.4 is 0 Å². The van der Waals surface area contributed by atoms with E-state index in [9.17, 15) is 5.11 Å². The van der Waals surface area contributed by atoms with E-state index in [1.165, 1.54) is 50.5 Å². The summed E-state index contributed by atoms with van der Waals surface area (Å²) in [6, 6.07) is 7.64. The van der Waals surface area contributed by atoms with Crippen LogP contribution in [0, 0.1) is 0 Å². The molecule has 0 fully saturated rings. The van der Waals surface area contributed by atoms with Crippen molar-refractivity contribution in [3.05, 3.63) is 35.9 Å². The maximum atomic E-state index is 9.87. The van der Waals surface area contributed by atoms with Gasteiger partial charge in [0.25, 0.3) is 0 Å². The lowest BCUT2D eigenvalue weighted by Gasteiger charge is -2.09. The van der Waals surface area contributed by atoms with E-state index in [0.29, 0.717) is 5.75 Å². The lowest BCUT2D eigenvalue weighted by atomic mass is 9.98. The number of hydrogen-bond donors (Lipinski definition) is 1. The van der Waals surface area contributed by atoms with Crippen LogP contribution in [0.25, 0.3) is 5.57 Å². The van der Waals surface area contributed by atoms with Crippen molar-refractivity contribution in [1.82, 2.24) is 0 Å². The van der Waals surface area contributed by atoms with Crippen molar-refractivity contribution in [2.75, 3.05) is 0 Å². The molecule has 1 rings (SSSR count). The highest BCUT2D eigenvalue weighted by Crippen LogP contribution is 2.28. The molecule has 1 N–H and O–H groups in total. The Morgan fingerprint density at radius 2 is 1.63 bits per heavy atom. The van der Waals surface area contributed by atoms with E-state index in [0.717, 1.165) is 12.0 Å². The molecule has 0 aliphatic rings. The van der Waals surface area contributed by atoms with Crippen LogP contribution in [0.4, 0.5) is 0 Å². The Hall–Kier alpha value is -1.24. The second-order valence-electron chi connectivity index (χ2n) is 5.20. The monoisotopic (exact) mass is 260 g/mol. The molecule has 1 aromatic carbocycles. The van der Waals surface area contributed by atoms with Gasteiger partial charge in [0.2, 0.25) is 0 Å². The average molecular weight is 260 g/mol. The van der Waals surface area contributed by atoms with Crippen LogP contribution in [0.2, 0.25) is 0 Å². The number of rotatable bonds is 9. The highest BCUT2D eigenvalue weighted by molar-refractivity contribution is 5.69. The van der Waals surface area contributed by atoms with Gasteiger partial charge in [0, 0.05) is 5.56 Å². The third-order valence-electron chi connectivity index (χ3n) is 3.65. The van der Waals surface area contributed by atoms with Gasteiger partial charge in [-0.25, -0.2) is 0 Å². The Kier molecular flexibility index (Phi) is 8.04. The first-order valence-corrected chi connectivity index (χ1v) is 7.73. The molecule has 0 bridgehead atoms. The van der Waals surface area contributed by atoms with Gasteiger partial charge in [0.05, 0.1) is 0 Å². The van der Waals surface area contributed by atoms with Gasteiger partial charge < -0.3 is 5.11 Å². The standard InChI is InChI=1S/C18H28O/c1-3-5-6-7-8-9-10-13-16(4-2)17-14-11-12-15-18(17)19/h4,11-12,14-15,19H,3,5-10,13H2,1-2H3/b16-4-. The number of aromatic hydroxyl groups is 1. The van der Waals surface area contributed by atoms with E-state index >= 15 is 0 Å². The van der Waals surface area contributed by atoms with Crippen LogP contribution in [-0.2, 0) is 0 Å². The lowest BCUT2D eigenvalue weighted by molar-refractivity contribution is 0.473. The van der Waals surface area contributed by atoms with Crippen molar-refractivity contribution >= 4 is 5.57 Å². The van der Waals surface area contributed by atoms with Crippen molar-refractivity contribution in [2.24, 2.45) is 0 Å². The molecule has 1 nitrogen and oxygen atoms in total. The van der Waals surface area contributed by atoms with Gasteiger partial charge in [0.1, 0.15) is 5.75 Å². The topological polar surface area (TPSA) is 20.2 Å². The molecule has 0 heterocycles. The van der Waals surface area contributed by atoms with Crippen LogP contribution in [0.1, 0.15) is 70.8 Å². The van der Waals surface area contributed by atoms with Gasteiger partial charge in [-0.2, -0.15) is 0 Å². The van der Waals surface area contributed by atoms with Gasteiger partial charge in [-0.1, -0.05) is 69.7 Å². The summed E-state index contributed by atoms with van der Waals surface area (Å²) in [6.45, 7) is 4.31. The predicted molar refractivity (Wildman–Crippen MR) is 84.4 cm³/mol. The maximum Gasteiger partial charge on any atom is 0.123 e. The Morgan fingerprint density at radius 1 is 1.00 bits per heavy atom. The van der Waals surface area contributed by atoms with Crippen molar-refractivity contribution in [1.29, 1.82) is 0 Å². The molecule has 0 aliphatic heterocycles. The molecule has 0 aliphatic carbocycles. The predicted octanol–water partition coefficient (Wildman–Crippen LogP) is 5.94. The summed E-state index contributed by atoms with van der Waals surface area (Å²) in [5, 5.41) is 9.87. The molecule has 0 unspecified atom stereocenters. The average Bonchev–Trinajstić information content (AvgIpc) is 2.43. The van der Waals surface area contributed by atoms with Crippen LogP contribution in [0.5, 0.6) is 5.75 Å². The zero-order valence-electron chi connectivity index (χ0n) is 12.5. The molecule has 106 valence electrons. The third kappa shape index (κ3) is 5.96. The fourth-order valence-electron chi connectivity index (χ4n) is 2.45. The van der Waals surface area contributed by atoms with Crippen molar-refractivity contribution < 1.29 is 5.11 Å². The van der Waals surface area contributed by atoms with E-state index in [1.807, 2.05) is 18.2 Å². The molecule has 1 heteroatoms. The summed E-state index contributed by atoms with van der Waals surface area (Å²) < 4.78 is 0. The maximum absolute atomic E-state index is 9.87. The Bertz CT molecular complexity index is 379. The molecule has 19 heavy (non-hydrogen) atoms. The Morgan fingerprint density at radius 3 is 2.26 bits per heavy atom. The van der Waals surface area contributed by atoms with Crippen LogP contribution in [0.15, 0.2) is 30.3 Å². The minimum atomic E-state index is 0.401. The smallest absolute Gasteiger partial charge is 0.123 e. The van der Waals surface area contributed by atoms with Crippen LogP contribution in [0.3, 0.4) is 0 Å². The normalized spacial score (nSPS) is 11.8. The second kappa shape index (κ2) is 9.66. The van der Waals surface area contributed by atoms with E-state index in [-0.39, 0.29) is 0 Å². The third-order valence-corrected chi connectivity index (χ3v) is 3.65. The fraction of sp³-hybridized carbons (Fsp3) is 0.556. The van der Waals surface area contributed by atoms with Crippen molar-refractivity contribution in [3.63, 3.8) is 0 Å². The van der Waals surface area contributed by atoms with E-state index in [1.54, 1.807) is 6.07 Å². The van der Waals surface area contributed by atoms with Gasteiger partial charge >= 0.3 is 0 Å². The first kappa shape index (κ1) is 15.8. The zero-order chi connectivity index (χ0) is 13.9. The van der Waals surface area contributed by atoms with E-state index in [2.05, 4.69) is 19.9 Å². The zero-order valence-corrected chi connectivity index (χ0v) is 12.5. The molecule has 0 amide bonds. The number of benzene rings is 1. The summed E-state index contributed by atoms with van der Waals surface area (Å²) in [6.07, 6.45) is 12.5. The fourth-order valence-corrected chi connectivity index (χ4v) is 2.45. The first-order valence-electron chi connectivity index (χ1n) is 7.73. The molecule has 0 aromatic heterocycles. The van der Waals surface area contributed by atoms with Gasteiger partial charge in [-0.05, 0) is 31.4 Å². The highest BCUT2D eigenvalue weighted by Gasteiger charge is 2.05. The molecule has 0 radical (unpaired) electrons. The quantitative estimate of drug-likeness (QED) is 0.545. The number of para-hydroxylation sites is 1. The lowest BCUT2D eigenvalue weighted by Crippen LogP contribution is -1.87. The number of phenols is 1. The first-order chi connectivity index (χ1) is 9.29. The largest absolute Gasteiger partial charge is 0.507 e. The molecule has 0 spiro atoms. The number of unbranched alkanes of at least 4 members (excludes halogenated alkanes) is 6. The minimum absolute atomic E-state index is 0.401. The van der Waals surface area contributed by atoms with E-state index in [4.69, 9.17) is 0 Å². The summed E-state index contributed by atoms with van der Waals surface area (Å²) in [5.74, 6) is 0.401. The van der Waals surface area contributed by atoms with Gasteiger partial charge in [-0.3, -0.25) is 0 Å². The summed E-state index contributed by atoms with van der Waals surface area (Å²) in [7, 11) is 0. The Labute approximate surface area is 118 Å². The summed E-state index contributed by atoms with van der Waals surface area (Å²) in [4.78, 5) is 0. The van der Waals surface area contributed by atoms with Crippen molar-refractivity contribution in [2.45, 2.75) is 65.2 Å². The summed E-state index contributed by atoms with van der Waals surface area (Å²) in [5.41, 5.74) is 2.27. The van der Waals surface area contributed by atoms with Gasteiger partial charge in [0.15, 0.2) is 0 Å². The highest BCUT2D eigenvalue weighted by atomic mass is 16.3. The van der Waals surface area contributed by atoms with E-state index < -0.39 is 0 Å².